The summed E-state index contributed by atoms with van der Waals surface area (Å²) in [5.41, 5.74) is 1.40. The minimum Gasteiger partial charge on any atom is -0.312 e. The second-order valence-corrected chi connectivity index (χ2v) is 6.04. The molecule has 1 N–H and O–H groups in total. The SMILES string of the molecule is CCN(C1CCCCC1)C(C)C(NC)c1ccccc1. The summed E-state index contributed by atoms with van der Waals surface area (Å²) < 4.78 is 0. The first-order valence-electron chi connectivity index (χ1n) is 8.25. The van der Waals surface area contributed by atoms with Gasteiger partial charge in [0.2, 0.25) is 0 Å². The van der Waals surface area contributed by atoms with E-state index in [1.165, 1.54) is 37.7 Å². The van der Waals surface area contributed by atoms with Crippen molar-refractivity contribution in [3.8, 4) is 0 Å². The molecule has 2 unspecified atom stereocenters. The minimum atomic E-state index is 0.415. The van der Waals surface area contributed by atoms with Crippen molar-refractivity contribution in [2.75, 3.05) is 13.6 Å². The predicted octanol–water partition coefficient (Wildman–Crippen LogP) is 3.99. The second kappa shape index (κ2) is 7.80. The lowest BCUT2D eigenvalue weighted by atomic mass is 9.91. The average molecular weight is 274 g/mol. The molecule has 112 valence electrons. The van der Waals surface area contributed by atoms with Crippen LogP contribution in [0.4, 0.5) is 0 Å². The van der Waals surface area contributed by atoms with Gasteiger partial charge in [0.25, 0.3) is 0 Å². The molecule has 2 atom stereocenters. The summed E-state index contributed by atoms with van der Waals surface area (Å²) in [5.74, 6) is 0. The number of hydrogen-bond acceptors (Lipinski definition) is 2. The molecule has 1 aromatic carbocycles. The van der Waals surface area contributed by atoms with Crippen molar-refractivity contribution in [1.29, 1.82) is 0 Å². The first-order valence-corrected chi connectivity index (χ1v) is 8.25. The Labute approximate surface area is 124 Å². The average Bonchev–Trinajstić information content (AvgIpc) is 2.51. The molecule has 1 saturated carbocycles. The summed E-state index contributed by atoms with van der Waals surface area (Å²) in [4.78, 5) is 2.72. The Bertz CT molecular complexity index is 370. The van der Waals surface area contributed by atoms with Crippen molar-refractivity contribution < 1.29 is 0 Å². The maximum atomic E-state index is 3.53. The van der Waals surface area contributed by atoms with Crippen molar-refractivity contribution in [1.82, 2.24) is 10.2 Å². The monoisotopic (exact) mass is 274 g/mol. The van der Waals surface area contributed by atoms with Gasteiger partial charge >= 0.3 is 0 Å². The Morgan fingerprint density at radius 2 is 1.80 bits per heavy atom. The molecule has 0 bridgehead atoms. The molecular weight excluding hydrogens is 244 g/mol. The van der Waals surface area contributed by atoms with Crippen molar-refractivity contribution >= 4 is 0 Å². The summed E-state index contributed by atoms with van der Waals surface area (Å²) in [6.07, 6.45) is 7.00. The highest BCUT2D eigenvalue weighted by Gasteiger charge is 2.28. The van der Waals surface area contributed by atoms with Gasteiger partial charge in [-0.25, -0.2) is 0 Å². The molecule has 0 heterocycles. The molecule has 2 heteroatoms. The van der Waals surface area contributed by atoms with Crippen LogP contribution < -0.4 is 5.32 Å². The summed E-state index contributed by atoms with van der Waals surface area (Å²) >= 11 is 0. The predicted molar refractivity (Wildman–Crippen MR) is 87.0 cm³/mol. The zero-order valence-electron chi connectivity index (χ0n) is 13.3. The Balaban J connectivity index is 2.11. The highest BCUT2D eigenvalue weighted by atomic mass is 15.2. The van der Waals surface area contributed by atoms with Crippen LogP contribution >= 0.6 is 0 Å². The quantitative estimate of drug-likeness (QED) is 0.844. The summed E-state index contributed by atoms with van der Waals surface area (Å²) in [6.45, 7) is 5.84. The van der Waals surface area contributed by atoms with E-state index in [0.717, 1.165) is 12.6 Å². The molecule has 0 radical (unpaired) electrons. The molecule has 0 spiro atoms. The maximum absolute atomic E-state index is 3.53. The number of rotatable bonds is 6. The van der Waals surface area contributed by atoms with Gasteiger partial charge < -0.3 is 5.32 Å². The van der Waals surface area contributed by atoms with E-state index < -0.39 is 0 Å². The van der Waals surface area contributed by atoms with Gasteiger partial charge in [-0.05, 0) is 38.9 Å². The van der Waals surface area contributed by atoms with Crippen molar-refractivity contribution in [3.05, 3.63) is 35.9 Å². The maximum Gasteiger partial charge on any atom is 0.0473 e. The molecule has 2 rings (SSSR count). The largest absolute Gasteiger partial charge is 0.312 e. The van der Waals surface area contributed by atoms with Crippen LogP contribution in [0.2, 0.25) is 0 Å². The molecule has 0 saturated heterocycles. The van der Waals surface area contributed by atoms with Crippen LogP contribution in [0.5, 0.6) is 0 Å². The van der Waals surface area contributed by atoms with E-state index in [1.807, 2.05) is 0 Å². The highest BCUT2D eigenvalue weighted by molar-refractivity contribution is 5.20. The zero-order chi connectivity index (χ0) is 14.4. The van der Waals surface area contributed by atoms with E-state index in [9.17, 15) is 0 Å². The van der Waals surface area contributed by atoms with Crippen LogP contribution in [-0.4, -0.2) is 30.6 Å². The highest BCUT2D eigenvalue weighted by Crippen LogP contribution is 2.28. The van der Waals surface area contributed by atoms with Crippen molar-refractivity contribution in [2.45, 2.75) is 64.1 Å². The summed E-state index contributed by atoms with van der Waals surface area (Å²) in [7, 11) is 2.09. The first kappa shape index (κ1) is 15.5. The van der Waals surface area contributed by atoms with Gasteiger partial charge in [0.15, 0.2) is 0 Å². The number of hydrogen-bond donors (Lipinski definition) is 1. The van der Waals surface area contributed by atoms with Crippen LogP contribution in [0.3, 0.4) is 0 Å². The van der Waals surface area contributed by atoms with E-state index in [0.29, 0.717) is 12.1 Å². The van der Waals surface area contributed by atoms with Gasteiger partial charge in [-0.3, -0.25) is 4.90 Å². The normalized spacial score (nSPS) is 20.0. The summed E-state index contributed by atoms with van der Waals surface area (Å²) in [6, 6.07) is 12.6. The lowest BCUT2D eigenvalue weighted by molar-refractivity contribution is 0.0973. The standard InChI is InChI=1S/C18H30N2/c1-4-20(17-13-9-6-10-14-17)15(2)18(19-3)16-11-7-5-8-12-16/h5,7-8,11-12,15,17-19H,4,6,9-10,13-14H2,1-3H3. The van der Waals surface area contributed by atoms with E-state index in [1.54, 1.807) is 0 Å². The van der Waals surface area contributed by atoms with Gasteiger partial charge in [0.05, 0.1) is 0 Å². The van der Waals surface area contributed by atoms with E-state index in [-0.39, 0.29) is 0 Å². The van der Waals surface area contributed by atoms with Crippen LogP contribution in [-0.2, 0) is 0 Å². The van der Waals surface area contributed by atoms with Gasteiger partial charge in [-0.15, -0.1) is 0 Å². The lowest BCUT2D eigenvalue weighted by Gasteiger charge is -2.41. The van der Waals surface area contributed by atoms with Crippen molar-refractivity contribution in [2.24, 2.45) is 0 Å². The second-order valence-electron chi connectivity index (χ2n) is 6.04. The third kappa shape index (κ3) is 3.62. The van der Waals surface area contributed by atoms with E-state index in [2.05, 4.69) is 61.4 Å². The minimum absolute atomic E-state index is 0.415. The molecule has 1 fully saturated rings. The smallest absolute Gasteiger partial charge is 0.0473 e. The fourth-order valence-electron chi connectivity index (χ4n) is 3.83. The van der Waals surface area contributed by atoms with Crippen LogP contribution in [0.15, 0.2) is 30.3 Å². The molecule has 0 amide bonds. The third-order valence-electron chi connectivity index (χ3n) is 4.88. The van der Waals surface area contributed by atoms with E-state index in [4.69, 9.17) is 0 Å². The topological polar surface area (TPSA) is 15.3 Å². The third-order valence-corrected chi connectivity index (χ3v) is 4.88. The molecule has 0 aliphatic heterocycles. The molecule has 1 aliphatic rings. The number of benzene rings is 1. The number of nitrogens with zero attached hydrogens (tertiary/aromatic N) is 1. The van der Waals surface area contributed by atoms with Crippen LogP contribution in [0.1, 0.15) is 57.6 Å². The molecule has 20 heavy (non-hydrogen) atoms. The molecule has 1 aliphatic carbocycles. The molecule has 1 aromatic rings. The van der Waals surface area contributed by atoms with Crippen LogP contribution in [0.25, 0.3) is 0 Å². The lowest BCUT2D eigenvalue weighted by Crippen LogP contribution is -2.48. The Morgan fingerprint density at radius 1 is 1.15 bits per heavy atom. The van der Waals surface area contributed by atoms with Gasteiger partial charge in [0.1, 0.15) is 0 Å². The zero-order valence-corrected chi connectivity index (χ0v) is 13.3. The first-order chi connectivity index (χ1) is 9.77. The Morgan fingerprint density at radius 3 is 2.35 bits per heavy atom. The van der Waals surface area contributed by atoms with Crippen LogP contribution in [0, 0.1) is 0 Å². The fraction of sp³-hybridized carbons (Fsp3) is 0.667. The molecule has 2 nitrogen and oxygen atoms in total. The van der Waals surface area contributed by atoms with Crippen molar-refractivity contribution in [3.63, 3.8) is 0 Å². The Hall–Kier alpha value is -0.860. The number of likely N-dealkylation sites (N-methyl/N-ethyl adjacent to an activating group) is 2. The Kier molecular flexibility index (Phi) is 6.06. The molecular formula is C18H30N2. The van der Waals surface area contributed by atoms with E-state index >= 15 is 0 Å². The van der Waals surface area contributed by atoms with Gasteiger partial charge in [-0.2, -0.15) is 0 Å². The number of nitrogens with one attached hydrogen (secondary N) is 1. The van der Waals surface area contributed by atoms with Gasteiger partial charge in [-0.1, -0.05) is 56.5 Å². The van der Waals surface area contributed by atoms with Gasteiger partial charge in [0, 0.05) is 18.1 Å². The molecule has 0 aromatic heterocycles. The fourth-order valence-corrected chi connectivity index (χ4v) is 3.83. The summed E-state index contributed by atoms with van der Waals surface area (Å²) in [5, 5.41) is 3.53.